The predicted molar refractivity (Wildman–Crippen MR) is 72.4 cm³/mol. The molecule has 0 amide bonds. The quantitative estimate of drug-likeness (QED) is 0.534. The highest BCUT2D eigenvalue weighted by Gasteiger charge is 2.08. The van der Waals surface area contributed by atoms with Crippen LogP contribution in [0.1, 0.15) is 33.1 Å². The molecule has 0 aliphatic carbocycles. The average Bonchev–Trinajstić information content (AvgIpc) is 2.40. The minimum atomic E-state index is -0.400. The molecule has 19 heavy (non-hydrogen) atoms. The summed E-state index contributed by atoms with van der Waals surface area (Å²) in [5, 5.41) is 0. The molecule has 0 fully saturated rings. The van der Waals surface area contributed by atoms with Crippen molar-refractivity contribution < 1.29 is 14.3 Å². The maximum absolute atomic E-state index is 12.0. The second kappa shape index (κ2) is 8.34. The van der Waals surface area contributed by atoms with E-state index in [1.54, 1.807) is 18.3 Å². The number of hydrogen-bond donors (Lipinski definition) is 0. The lowest BCUT2D eigenvalue weighted by molar-refractivity contribution is -0.144. The molecule has 5 heteroatoms. The van der Waals surface area contributed by atoms with Crippen molar-refractivity contribution in [3.63, 3.8) is 0 Å². The molecule has 1 rings (SSSR count). The lowest BCUT2D eigenvalue weighted by atomic mass is 10.4. The number of aromatic nitrogens is 1. The Morgan fingerprint density at radius 1 is 1.26 bits per heavy atom. The van der Waals surface area contributed by atoms with Crippen LogP contribution in [0, 0.1) is 0 Å². The van der Waals surface area contributed by atoms with Crippen molar-refractivity contribution in [1.29, 1.82) is 0 Å². The smallest absolute Gasteiger partial charge is 0.326 e. The average molecular weight is 267 g/mol. The van der Waals surface area contributed by atoms with Crippen LogP contribution >= 0.6 is 0 Å². The van der Waals surface area contributed by atoms with Gasteiger partial charge in [-0.05, 0) is 25.0 Å². The molecule has 0 saturated heterocycles. The van der Waals surface area contributed by atoms with E-state index in [0.29, 0.717) is 13.2 Å². The number of nitrogens with zero attached hydrogens (tertiary/aromatic N) is 1. The molecule has 106 valence electrons. The van der Waals surface area contributed by atoms with Gasteiger partial charge in [0.05, 0.1) is 13.2 Å². The Morgan fingerprint density at radius 3 is 2.74 bits per heavy atom. The Bertz CT molecular complexity index is 453. The van der Waals surface area contributed by atoms with E-state index in [0.717, 1.165) is 19.3 Å². The van der Waals surface area contributed by atoms with Crippen LogP contribution in [-0.4, -0.2) is 23.8 Å². The summed E-state index contributed by atoms with van der Waals surface area (Å²) in [6, 6.07) is 3.29. The third kappa shape index (κ3) is 5.16. The van der Waals surface area contributed by atoms with Gasteiger partial charge in [0, 0.05) is 6.20 Å². The van der Waals surface area contributed by atoms with E-state index in [2.05, 4.69) is 0 Å². The fourth-order valence-electron chi connectivity index (χ4n) is 1.48. The van der Waals surface area contributed by atoms with Crippen molar-refractivity contribution in [1.82, 2.24) is 4.57 Å². The second-order valence-corrected chi connectivity index (χ2v) is 4.23. The Morgan fingerprint density at radius 2 is 2.05 bits per heavy atom. The Kier molecular flexibility index (Phi) is 6.71. The second-order valence-electron chi connectivity index (χ2n) is 4.23. The van der Waals surface area contributed by atoms with Gasteiger partial charge in [-0.15, -0.1) is 0 Å². The van der Waals surface area contributed by atoms with E-state index in [9.17, 15) is 9.59 Å². The first kappa shape index (κ1) is 15.3. The number of hydrogen-bond acceptors (Lipinski definition) is 4. The third-order valence-electron chi connectivity index (χ3n) is 2.51. The van der Waals surface area contributed by atoms with E-state index < -0.39 is 5.97 Å². The van der Waals surface area contributed by atoms with Gasteiger partial charge in [0.25, 0.3) is 5.56 Å². The molecule has 1 heterocycles. The normalized spacial score (nSPS) is 10.2. The van der Waals surface area contributed by atoms with E-state index in [1.165, 1.54) is 4.57 Å². The molecule has 0 aliphatic heterocycles. The van der Waals surface area contributed by atoms with Gasteiger partial charge in [0.15, 0.2) is 5.75 Å². The van der Waals surface area contributed by atoms with Gasteiger partial charge in [0.1, 0.15) is 6.54 Å². The van der Waals surface area contributed by atoms with Crippen LogP contribution in [-0.2, 0) is 16.1 Å². The zero-order chi connectivity index (χ0) is 14.1. The van der Waals surface area contributed by atoms with E-state index in [4.69, 9.17) is 9.47 Å². The minimum Gasteiger partial charge on any atom is -0.488 e. The number of unbranched alkanes of at least 4 members (excludes halogenated alkanes) is 1. The molecule has 1 aromatic heterocycles. The van der Waals surface area contributed by atoms with E-state index in [1.807, 2.05) is 13.8 Å². The van der Waals surface area contributed by atoms with Crippen molar-refractivity contribution in [2.45, 2.75) is 39.7 Å². The lowest BCUT2D eigenvalue weighted by Crippen LogP contribution is -2.26. The molecule has 0 radical (unpaired) electrons. The summed E-state index contributed by atoms with van der Waals surface area (Å²) in [6.07, 6.45) is 4.18. The maximum atomic E-state index is 12.0. The van der Waals surface area contributed by atoms with Crippen LogP contribution in [0.5, 0.6) is 5.75 Å². The third-order valence-corrected chi connectivity index (χ3v) is 2.51. The highest BCUT2D eigenvalue weighted by Crippen LogP contribution is 2.02. The molecule has 1 aromatic rings. The number of carbonyl (C=O) groups is 1. The number of ether oxygens (including phenoxy) is 2. The molecule has 0 aliphatic rings. The summed E-state index contributed by atoms with van der Waals surface area (Å²) in [5.74, 6) is -0.131. The fourth-order valence-corrected chi connectivity index (χ4v) is 1.48. The van der Waals surface area contributed by atoms with Crippen molar-refractivity contribution in [2.24, 2.45) is 0 Å². The first-order valence-corrected chi connectivity index (χ1v) is 6.66. The van der Waals surface area contributed by atoms with Gasteiger partial charge in [-0.2, -0.15) is 0 Å². The number of esters is 1. The summed E-state index contributed by atoms with van der Waals surface area (Å²) < 4.78 is 11.6. The predicted octanol–water partition coefficient (Wildman–Crippen LogP) is 1.98. The Balaban J connectivity index is 2.63. The van der Waals surface area contributed by atoms with Crippen LogP contribution in [0.2, 0.25) is 0 Å². The highest BCUT2D eigenvalue weighted by molar-refractivity contribution is 5.69. The molecule has 5 nitrogen and oxygen atoms in total. The summed E-state index contributed by atoms with van der Waals surface area (Å²) in [7, 11) is 0. The lowest BCUT2D eigenvalue weighted by Gasteiger charge is -2.09. The van der Waals surface area contributed by atoms with Gasteiger partial charge in [0.2, 0.25) is 0 Å². The van der Waals surface area contributed by atoms with Crippen LogP contribution in [0.4, 0.5) is 0 Å². The molecule has 0 unspecified atom stereocenters. The molecule has 0 aromatic carbocycles. The molecular formula is C14H21NO4. The Labute approximate surface area is 113 Å². The fraction of sp³-hybridized carbons (Fsp3) is 0.571. The molecule has 0 N–H and O–H groups in total. The van der Waals surface area contributed by atoms with Crippen LogP contribution in [0.25, 0.3) is 0 Å². The van der Waals surface area contributed by atoms with Crippen molar-refractivity contribution in [3.05, 3.63) is 28.7 Å². The summed E-state index contributed by atoms with van der Waals surface area (Å²) >= 11 is 0. The molecular weight excluding hydrogens is 246 g/mol. The van der Waals surface area contributed by atoms with Crippen molar-refractivity contribution >= 4 is 5.97 Å². The summed E-state index contributed by atoms with van der Waals surface area (Å²) in [4.78, 5) is 23.5. The van der Waals surface area contributed by atoms with E-state index in [-0.39, 0.29) is 17.9 Å². The monoisotopic (exact) mass is 267 g/mol. The Hall–Kier alpha value is -1.78. The zero-order valence-electron chi connectivity index (χ0n) is 11.6. The van der Waals surface area contributed by atoms with Crippen LogP contribution in [0.3, 0.4) is 0 Å². The van der Waals surface area contributed by atoms with Gasteiger partial charge in [-0.1, -0.05) is 20.3 Å². The molecule has 0 saturated carbocycles. The highest BCUT2D eigenvalue weighted by atomic mass is 16.5. The zero-order valence-corrected chi connectivity index (χ0v) is 11.6. The summed E-state index contributed by atoms with van der Waals surface area (Å²) in [5.41, 5.74) is -0.302. The SMILES string of the molecule is CCCCOC(=O)Cn1cccc(OCCC)c1=O. The largest absolute Gasteiger partial charge is 0.488 e. The van der Waals surface area contributed by atoms with Crippen LogP contribution < -0.4 is 10.3 Å². The van der Waals surface area contributed by atoms with Crippen LogP contribution in [0.15, 0.2) is 23.1 Å². The van der Waals surface area contributed by atoms with Gasteiger partial charge >= 0.3 is 5.97 Å². The molecule has 0 spiro atoms. The van der Waals surface area contributed by atoms with Crippen molar-refractivity contribution in [2.75, 3.05) is 13.2 Å². The standard InChI is InChI=1S/C14H21NO4/c1-3-5-10-19-13(16)11-15-8-6-7-12(14(15)17)18-9-4-2/h6-8H,3-5,9-11H2,1-2H3. The van der Waals surface area contributed by atoms with Gasteiger partial charge in [-0.3, -0.25) is 9.59 Å². The molecule has 0 atom stereocenters. The van der Waals surface area contributed by atoms with Gasteiger partial charge in [-0.25, -0.2) is 0 Å². The first-order valence-electron chi connectivity index (χ1n) is 6.66. The van der Waals surface area contributed by atoms with Gasteiger partial charge < -0.3 is 14.0 Å². The first-order chi connectivity index (χ1) is 9.19. The number of pyridine rings is 1. The van der Waals surface area contributed by atoms with Crippen molar-refractivity contribution in [3.8, 4) is 5.75 Å². The number of rotatable bonds is 8. The van der Waals surface area contributed by atoms with E-state index >= 15 is 0 Å². The molecule has 0 bridgehead atoms. The minimum absolute atomic E-state index is 0.0775. The number of carbonyl (C=O) groups excluding carboxylic acids is 1. The topological polar surface area (TPSA) is 57.5 Å². The summed E-state index contributed by atoms with van der Waals surface area (Å²) in [6.45, 7) is 4.79. The maximum Gasteiger partial charge on any atom is 0.326 e.